The Balaban J connectivity index is 1.05. The van der Waals surface area contributed by atoms with Gasteiger partial charge in [-0.25, -0.2) is 14.6 Å². The number of thioether (sulfide) groups is 1. The Kier molecular flexibility index (Phi) is 11.4. The Labute approximate surface area is 311 Å². The van der Waals surface area contributed by atoms with Crippen molar-refractivity contribution in [2.24, 2.45) is 16.8 Å². The van der Waals surface area contributed by atoms with Crippen molar-refractivity contribution in [2.45, 2.75) is 89.0 Å². The van der Waals surface area contributed by atoms with Gasteiger partial charge in [-0.3, -0.25) is 14.6 Å². The van der Waals surface area contributed by atoms with Gasteiger partial charge in [0.05, 0.1) is 47.6 Å². The fourth-order valence-corrected chi connectivity index (χ4v) is 8.83. The van der Waals surface area contributed by atoms with Gasteiger partial charge in [0.25, 0.3) is 0 Å². The highest BCUT2D eigenvalue weighted by atomic mass is 32.2. The number of carbonyl (C=O) groups excluding carboxylic acids is 4. The molecule has 2 saturated heterocycles. The highest BCUT2D eigenvalue weighted by Gasteiger charge is 2.43. The van der Waals surface area contributed by atoms with Crippen LogP contribution in [0.2, 0.25) is 0 Å². The molecule has 0 bridgehead atoms. The number of rotatable bonds is 8. The second-order valence-corrected chi connectivity index (χ2v) is 16.0. The second-order valence-electron chi connectivity index (χ2n) is 13.8. The third-order valence-electron chi connectivity index (χ3n) is 9.58. The van der Waals surface area contributed by atoms with Crippen LogP contribution < -0.4 is 16.0 Å². The number of imidazole rings is 1. The number of allylic oxidation sites excluding steroid dienone is 1. The molecule has 4 amide bonds. The maximum absolute atomic E-state index is 13.5. The molecule has 0 radical (unpaired) electrons. The predicted octanol–water partition coefficient (Wildman–Crippen LogP) is 3.72. The molecule has 0 aromatic carbocycles. The van der Waals surface area contributed by atoms with Crippen molar-refractivity contribution in [1.29, 1.82) is 0 Å². The first kappa shape index (κ1) is 37.1. The van der Waals surface area contributed by atoms with Crippen LogP contribution in [0.15, 0.2) is 22.0 Å². The number of aromatic amines is 1. The van der Waals surface area contributed by atoms with Crippen LogP contribution in [-0.2, 0) is 19.1 Å². The van der Waals surface area contributed by atoms with Gasteiger partial charge in [-0.2, -0.15) is 0 Å². The molecule has 4 N–H and O–H groups in total. The third kappa shape index (κ3) is 7.88. The number of nitrogens with one attached hydrogen (secondary N) is 4. The molecule has 52 heavy (non-hydrogen) atoms. The predicted molar refractivity (Wildman–Crippen MR) is 199 cm³/mol. The van der Waals surface area contributed by atoms with Crippen molar-refractivity contribution in [1.82, 2.24) is 35.7 Å². The molecule has 4 aliphatic heterocycles. The Hall–Kier alpha value is -4.67. The van der Waals surface area contributed by atoms with E-state index in [4.69, 9.17) is 19.5 Å². The largest absolute Gasteiger partial charge is 0.453 e. The number of fused-ring (bicyclic) bond motifs is 2. The number of hydrogen-bond acceptors (Lipinski definition) is 11. The second kappa shape index (κ2) is 15.9. The molecule has 6 heterocycles. The lowest BCUT2D eigenvalue weighted by Crippen LogP contribution is -2.55. The van der Waals surface area contributed by atoms with Crippen LogP contribution in [0.1, 0.15) is 70.1 Å². The average molecular weight is 749 g/mol. The first-order chi connectivity index (χ1) is 25.0. The number of ether oxygens (including phenoxy) is 2. The first-order valence-corrected chi connectivity index (χ1v) is 19.2. The molecule has 2 unspecified atom stereocenters. The van der Waals surface area contributed by atoms with Gasteiger partial charge in [-0.15, -0.1) is 11.3 Å². The van der Waals surface area contributed by atoms with Crippen molar-refractivity contribution in [3.8, 4) is 23.7 Å². The minimum absolute atomic E-state index is 0.0197. The van der Waals surface area contributed by atoms with E-state index in [-0.39, 0.29) is 47.1 Å². The molecule has 0 aliphatic carbocycles. The summed E-state index contributed by atoms with van der Waals surface area (Å²) in [6.07, 6.45) is 4.10. The molecule has 0 spiro atoms. The molecule has 2 fully saturated rings. The van der Waals surface area contributed by atoms with Gasteiger partial charge in [0.2, 0.25) is 11.8 Å². The maximum Gasteiger partial charge on any atom is 0.407 e. The average Bonchev–Trinajstić information content (AvgIpc) is 3.95. The van der Waals surface area contributed by atoms with E-state index < -0.39 is 24.3 Å². The van der Waals surface area contributed by atoms with E-state index in [9.17, 15) is 19.2 Å². The van der Waals surface area contributed by atoms with Crippen molar-refractivity contribution in [3.63, 3.8) is 0 Å². The number of thiophene rings is 1. The van der Waals surface area contributed by atoms with E-state index in [1.165, 1.54) is 25.6 Å². The summed E-state index contributed by atoms with van der Waals surface area (Å²) in [5, 5.41) is 8.80. The third-order valence-corrected chi connectivity index (χ3v) is 11.7. The van der Waals surface area contributed by atoms with E-state index in [1.807, 2.05) is 38.7 Å². The van der Waals surface area contributed by atoms with Gasteiger partial charge >= 0.3 is 12.2 Å². The van der Waals surface area contributed by atoms with Crippen molar-refractivity contribution >= 4 is 63.3 Å². The van der Waals surface area contributed by atoms with E-state index in [2.05, 4.69) is 50.7 Å². The zero-order valence-electron chi connectivity index (χ0n) is 30.1. The van der Waals surface area contributed by atoms with Gasteiger partial charge in [0, 0.05) is 13.1 Å². The number of methoxy groups -OCH3 is 2. The van der Waals surface area contributed by atoms with Gasteiger partial charge in [0.15, 0.2) is 0 Å². The van der Waals surface area contributed by atoms with E-state index in [0.717, 1.165) is 57.5 Å². The van der Waals surface area contributed by atoms with Crippen molar-refractivity contribution in [3.05, 3.63) is 27.7 Å². The summed E-state index contributed by atoms with van der Waals surface area (Å²) in [5.41, 5.74) is 0.855. The minimum atomic E-state index is -0.686. The fraction of sp³-hybridized carbons (Fsp3) is 0.556. The topological polar surface area (TPSA) is 170 Å². The molecular weight excluding hydrogens is 705 g/mol. The summed E-state index contributed by atoms with van der Waals surface area (Å²) in [4.78, 5) is 69.9. The number of hydrogen-bond donors (Lipinski definition) is 4. The number of aliphatic imine (C=N–C) groups is 1. The number of amides is 4. The number of amidine groups is 1. The highest BCUT2D eigenvalue weighted by molar-refractivity contribution is 8.04. The maximum atomic E-state index is 13.5. The zero-order valence-corrected chi connectivity index (χ0v) is 31.7. The number of nitrogens with zero attached hydrogens (tertiary/aromatic N) is 4. The van der Waals surface area contributed by atoms with Crippen molar-refractivity contribution in [2.75, 3.05) is 27.3 Å². The lowest BCUT2D eigenvalue weighted by molar-refractivity contribution is -0.135. The molecule has 14 nitrogen and oxygen atoms in total. The van der Waals surface area contributed by atoms with E-state index in [0.29, 0.717) is 13.1 Å². The number of likely N-dealkylation sites (tertiary alicyclic amines) is 2. The monoisotopic (exact) mass is 748 g/mol. The summed E-state index contributed by atoms with van der Waals surface area (Å²) in [6, 6.07) is 0.199. The van der Waals surface area contributed by atoms with Crippen LogP contribution in [0.4, 0.5) is 9.59 Å². The number of aromatic nitrogens is 2. The van der Waals surface area contributed by atoms with Crippen LogP contribution in [0.5, 0.6) is 0 Å². The Morgan fingerprint density at radius 2 is 1.50 bits per heavy atom. The molecule has 2 aromatic rings. The highest BCUT2D eigenvalue weighted by Crippen LogP contribution is 2.37. The standard InChI is InChI=1S/C36H44N8O6S2/c1-19(2)27(39-35(47)49-5)33(45)43-15-9-13-25(43)29-37-23-17-21(51-31(23)41-29)11-7-8-12-22-18-24-32(52-22)42-30(38-24)26-14-10-16-44(26)34(46)28(20(3)4)40-36(48)50-6/h17-20,23,25-28,31H,9-10,13-16H2,1-6H3,(H,37,41)(H,38,42)(H,39,47)(H,40,48)/t23?,25-,26-,27-,28-,31?/m0/s1. The van der Waals surface area contributed by atoms with Gasteiger partial charge in [0.1, 0.15) is 33.9 Å². The van der Waals surface area contributed by atoms with Crippen LogP contribution in [0.3, 0.4) is 0 Å². The zero-order chi connectivity index (χ0) is 37.1. The van der Waals surface area contributed by atoms with Crippen molar-refractivity contribution < 1.29 is 28.7 Å². The van der Waals surface area contributed by atoms with Gasteiger partial charge < -0.3 is 40.2 Å². The van der Waals surface area contributed by atoms with Crippen LogP contribution in [-0.4, -0.2) is 106 Å². The Morgan fingerprint density at radius 1 is 0.904 bits per heavy atom. The van der Waals surface area contributed by atoms with Gasteiger partial charge in [-0.05, 0) is 73.3 Å². The minimum Gasteiger partial charge on any atom is -0.453 e. The summed E-state index contributed by atoms with van der Waals surface area (Å²) < 4.78 is 9.47. The SMILES string of the molecule is COC(=O)N[C@H](C(=O)N1CCC[C@H]1C1=NC2SC(C#CC#Cc3cc4[nH]c([C@@H]5CCCN5C(=O)[C@@H](NC(=O)OC)C(C)C)nc4s3)=CC2N1)C(C)C. The Bertz CT molecular complexity index is 1880. The molecule has 4 aliphatic rings. The van der Waals surface area contributed by atoms with Crippen LogP contribution >= 0.6 is 23.1 Å². The smallest absolute Gasteiger partial charge is 0.407 e. The summed E-state index contributed by atoms with van der Waals surface area (Å²) in [5.74, 6) is 13.2. The number of carbonyl (C=O) groups is 4. The summed E-state index contributed by atoms with van der Waals surface area (Å²) in [7, 11) is 2.57. The van der Waals surface area contributed by atoms with Gasteiger partial charge in [-0.1, -0.05) is 39.5 Å². The number of H-pyrrole nitrogens is 1. The molecule has 16 heteroatoms. The molecule has 276 valence electrons. The lowest BCUT2D eigenvalue weighted by Gasteiger charge is -2.31. The molecular formula is C36H44N8O6S2. The number of alkyl carbamates (subject to hydrolysis) is 2. The fourth-order valence-electron chi connectivity index (χ4n) is 6.93. The molecule has 6 atom stereocenters. The summed E-state index contributed by atoms with van der Waals surface area (Å²) in [6.45, 7) is 8.79. The lowest BCUT2D eigenvalue weighted by atomic mass is 10.0. The quantitative estimate of drug-likeness (QED) is 0.294. The van der Waals surface area contributed by atoms with E-state index in [1.54, 1.807) is 16.7 Å². The molecule has 6 rings (SSSR count). The molecule has 0 saturated carbocycles. The van der Waals surface area contributed by atoms with Crippen LogP contribution in [0, 0.1) is 35.5 Å². The van der Waals surface area contributed by atoms with E-state index >= 15 is 0 Å². The molecule has 2 aromatic heterocycles. The summed E-state index contributed by atoms with van der Waals surface area (Å²) >= 11 is 3.04. The normalized spacial score (nSPS) is 23.2. The van der Waals surface area contributed by atoms with Crippen LogP contribution in [0.25, 0.3) is 10.3 Å². The first-order valence-electron chi connectivity index (χ1n) is 17.5. The Morgan fingerprint density at radius 3 is 2.08 bits per heavy atom.